The predicted molar refractivity (Wildman–Crippen MR) is 115 cm³/mol. The Bertz CT molecular complexity index is 1180. The molecule has 0 saturated heterocycles. The highest BCUT2D eigenvalue weighted by Gasteiger charge is 2.25. The molecule has 2 heterocycles. The number of para-hydroxylation sites is 1. The number of aliphatic carboxylic acids is 1. The van der Waals surface area contributed by atoms with Crippen LogP contribution in [0, 0.1) is 0 Å². The number of amides is 1. The topological polar surface area (TPSA) is 108 Å². The van der Waals surface area contributed by atoms with Crippen molar-refractivity contribution in [3.05, 3.63) is 71.2 Å². The van der Waals surface area contributed by atoms with Gasteiger partial charge in [0.1, 0.15) is 6.04 Å². The normalized spacial score (nSPS) is 13.4. The average Bonchev–Trinajstić information content (AvgIpc) is 3.32. The van der Waals surface area contributed by atoms with E-state index in [1.807, 2.05) is 53.9 Å². The molecule has 2 aromatic carbocycles. The summed E-state index contributed by atoms with van der Waals surface area (Å²) >= 11 is 1.61. The van der Waals surface area contributed by atoms with Crippen molar-refractivity contribution in [3.8, 4) is 0 Å². The van der Waals surface area contributed by atoms with E-state index in [1.54, 1.807) is 17.5 Å². The number of rotatable bonds is 7. The lowest BCUT2D eigenvalue weighted by molar-refractivity contribution is -0.141. The van der Waals surface area contributed by atoms with Gasteiger partial charge in [-0.1, -0.05) is 36.4 Å². The van der Waals surface area contributed by atoms with Gasteiger partial charge in [-0.3, -0.25) is 4.79 Å². The molecule has 6 nitrogen and oxygen atoms in total. The molecule has 0 saturated carbocycles. The van der Waals surface area contributed by atoms with Crippen LogP contribution in [0.1, 0.15) is 11.1 Å². The van der Waals surface area contributed by atoms with Crippen molar-refractivity contribution in [2.24, 2.45) is 5.73 Å². The van der Waals surface area contributed by atoms with Gasteiger partial charge in [0, 0.05) is 28.2 Å². The van der Waals surface area contributed by atoms with Gasteiger partial charge in [0.15, 0.2) is 0 Å². The van der Waals surface area contributed by atoms with Crippen molar-refractivity contribution in [1.29, 1.82) is 0 Å². The van der Waals surface area contributed by atoms with Gasteiger partial charge >= 0.3 is 5.97 Å². The number of carbonyl (C=O) groups is 2. The lowest BCUT2D eigenvalue weighted by atomic mass is 10.0. The fourth-order valence-electron chi connectivity index (χ4n) is 3.52. The second-order valence-corrected chi connectivity index (χ2v) is 7.94. The highest BCUT2D eigenvalue weighted by Crippen LogP contribution is 2.26. The molecule has 0 aliphatic rings. The third-order valence-electron chi connectivity index (χ3n) is 5.05. The molecular weight excluding hydrogens is 386 g/mol. The zero-order valence-corrected chi connectivity index (χ0v) is 16.4. The molecule has 29 heavy (non-hydrogen) atoms. The summed E-state index contributed by atoms with van der Waals surface area (Å²) in [6.07, 6.45) is 2.32. The van der Waals surface area contributed by atoms with E-state index in [0.29, 0.717) is 6.42 Å². The molecule has 0 spiro atoms. The SMILES string of the molecule is NC(Cc1csc2ccccc12)C(=O)NC(Cc1c[nH]c2ccccc12)C(=O)O. The molecule has 148 valence electrons. The molecule has 5 N–H and O–H groups in total. The Labute approximate surface area is 171 Å². The maximum absolute atomic E-state index is 12.6. The van der Waals surface area contributed by atoms with E-state index in [0.717, 1.165) is 32.1 Å². The van der Waals surface area contributed by atoms with Crippen LogP contribution in [-0.2, 0) is 22.4 Å². The summed E-state index contributed by atoms with van der Waals surface area (Å²) in [4.78, 5) is 27.5. The standard InChI is InChI=1S/C22H21N3O3S/c23-17(9-14-12-29-20-8-4-2-6-16(14)20)21(26)25-19(22(27)28)10-13-11-24-18-7-3-1-5-15(13)18/h1-8,11-12,17,19,24H,9-10,23H2,(H,25,26)(H,27,28). The van der Waals surface area contributed by atoms with E-state index in [1.165, 1.54) is 0 Å². The summed E-state index contributed by atoms with van der Waals surface area (Å²) in [5, 5.41) is 16.2. The number of aromatic amines is 1. The summed E-state index contributed by atoms with van der Waals surface area (Å²) in [5.41, 5.74) is 8.87. The second-order valence-electron chi connectivity index (χ2n) is 7.03. The quantitative estimate of drug-likeness (QED) is 0.377. The van der Waals surface area contributed by atoms with E-state index in [2.05, 4.69) is 10.3 Å². The maximum atomic E-state index is 12.6. The van der Waals surface area contributed by atoms with Gasteiger partial charge in [0.2, 0.25) is 5.91 Å². The summed E-state index contributed by atoms with van der Waals surface area (Å²) < 4.78 is 1.14. The highest BCUT2D eigenvalue weighted by atomic mass is 32.1. The maximum Gasteiger partial charge on any atom is 0.326 e. The molecule has 1 amide bonds. The van der Waals surface area contributed by atoms with Crippen LogP contribution >= 0.6 is 11.3 Å². The molecule has 2 unspecified atom stereocenters. The summed E-state index contributed by atoms with van der Waals surface area (Å²) in [6, 6.07) is 13.7. The first-order valence-corrected chi connectivity index (χ1v) is 10.2. The third kappa shape index (κ3) is 4.01. The Morgan fingerprint density at radius 2 is 1.76 bits per heavy atom. The number of thiophene rings is 1. The van der Waals surface area contributed by atoms with Crippen LogP contribution in [-0.4, -0.2) is 34.1 Å². The Morgan fingerprint density at radius 3 is 2.55 bits per heavy atom. The van der Waals surface area contributed by atoms with Crippen LogP contribution in [0.25, 0.3) is 21.0 Å². The molecule has 4 rings (SSSR count). The van der Waals surface area contributed by atoms with Crippen LogP contribution in [0.15, 0.2) is 60.1 Å². The molecule has 0 bridgehead atoms. The van der Waals surface area contributed by atoms with Gasteiger partial charge in [-0.15, -0.1) is 11.3 Å². The monoisotopic (exact) mass is 407 g/mol. The van der Waals surface area contributed by atoms with Crippen molar-refractivity contribution in [2.45, 2.75) is 24.9 Å². The molecule has 0 aliphatic carbocycles. The van der Waals surface area contributed by atoms with Gasteiger partial charge in [0.05, 0.1) is 6.04 Å². The minimum atomic E-state index is -1.09. The van der Waals surface area contributed by atoms with E-state index in [9.17, 15) is 14.7 Å². The Hall–Kier alpha value is -3.16. The third-order valence-corrected chi connectivity index (χ3v) is 6.06. The zero-order valence-electron chi connectivity index (χ0n) is 15.6. The first kappa shape index (κ1) is 19.2. The second kappa shape index (κ2) is 8.06. The number of nitrogens with one attached hydrogen (secondary N) is 2. The van der Waals surface area contributed by atoms with Crippen LogP contribution in [0.5, 0.6) is 0 Å². The molecule has 7 heteroatoms. The summed E-state index contributed by atoms with van der Waals surface area (Å²) in [7, 11) is 0. The lowest BCUT2D eigenvalue weighted by Gasteiger charge is -2.17. The van der Waals surface area contributed by atoms with Crippen molar-refractivity contribution >= 4 is 44.2 Å². The van der Waals surface area contributed by atoms with Crippen molar-refractivity contribution < 1.29 is 14.7 Å². The minimum absolute atomic E-state index is 0.180. The Balaban J connectivity index is 1.46. The number of carboxylic acid groups (broad SMARTS) is 1. The van der Waals surface area contributed by atoms with Crippen molar-refractivity contribution in [2.75, 3.05) is 0 Å². The number of carbonyl (C=O) groups excluding carboxylic acids is 1. The van der Waals surface area contributed by atoms with Crippen LogP contribution in [0.3, 0.4) is 0 Å². The van der Waals surface area contributed by atoms with E-state index in [-0.39, 0.29) is 6.42 Å². The first-order chi connectivity index (χ1) is 14.0. The number of benzene rings is 2. The number of hydrogen-bond donors (Lipinski definition) is 4. The van der Waals surface area contributed by atoms with Crippen LogP contribution < -0.4 is 11.1 Å². The number of carboxylic acids is 1. The van der Waals surface area contributed by atoms with Gasteiger partial charge in [0.25, 0.3) is 0 Å². The van der Waals surface area contributed by atoms with Gasteiger partial charge in [-0.2, -0.15) is 0 Å². The number of H-pyrrole nitrogens is 1. The average molecular weight is 407 g/mol. The van der Waals surface area contributed by atoms with E-state index < -0.39 is 24.0 Å². The van der Waals surface area contributed by atoms with Crippen LogP contribution in [0.4, 0.5) is 0 Å². The van der Waals surface area contributed by atoms with Gasteiger partial charge < -0.3 is 21.1 Å². The smallest absolute Gasteiger partial charge is 0.326 e. The predicted octanol–water partition coefficient (Wildman–Crippen LogP) is 3.06. The first-order valence-electron chi connectivity index (χ1n) is 9.32. The molecule has 2 atom stereocenters. The fourth-order valence-corrected chi connectivity index (χ4v) is 4.50. The fraction of sp³-hybridized carbons (Fsp3) is 0.182. The minimum Gasteiger partial charge on any atom is -0.480 e. The summed E-state index contributed by atoms with van der Waals surface area (Å²) in [6.45, 7) is 0. The lowest BCUT2D eigenvalue weighted by Crippen LogP contribution is -2.50. The van der Waals surface area contributed by atoms with Crippen molar-refractivity contribution in [1.82, 2.24) is 10.3 Å². The molecule has 0 radical (unpaired) electrons. The van der Waals surface area contributed by atoms with Crippen molar-refractivity contribution in [3.63, 3.8) is 0 Å². The number of aromatic nitrogens is 1. The molecule has 0 aliphatic heterocycles. The molecule has 2 aromatic heterocycles. The summed E-state index contributed by atoms with van der Waals surface area (Å²) in [5.74, 6) is -1.55. The van der Waals surface area contributed by atoms with Gasteiger partial charge in [-0.05, 0) is 40.4 Å². The Morgan fingerprint density at radius 1 is 1.03 bits per heavy atom. The molecular formula is C22H21N3O3S. The zero-order chi connectivity index (χ0) is 20.4. The highest BCUT2D eigenvalue weighted by molar-refractivity contribution is 7.17. The van der Waals surface area contributed by atoms with E-state index >= 15 is 0 Å². The largest absolute Gasteiger partial charge is 0.480 e. The van der Waals surface area contributed by atoms with Gasteiger partial charge in [-0.25, -0.2) is 4.79 Å². The number of hydrogen-bond acceptors (Lipinski definition) is 4. The number of fused-ring (bicyclic) bond motifs is 2. The molecule has 0 fully saturated rings. The molecule has 4 aromatic rings. The van der Waals surface area contributed by atoms with E-state index in [4.69, 9.17) is 5.73 Å². The Kier molecular flexibility index (Phi) is 5.33. The number of nitrogens with two attached hydrogens (primary N) is 1. The van der Waals surface area contributed by atoms with Crippen LogP contribution in [0.2, 0.25) is 0 Å².